The first-order chi connectivity index (χ1) is 11.6. The van der Waals surface area contributed by atoms with Gasteiger partial charge in [0.15, 0.2) is 0 Å². The van der Waals surface area contributed by atoms with Crippen molar-refractivity contribution >= 4 is 11.4 Å². The van der Waals surface area contributed by atoms with Crippen molar-refractivity contribution in [2.45, 2.75) is 6.92 Å². The molecule has 0 saturated carbocycles. The van der Waals surface area contributed by atoms with Crippen LogP contribution in [-0.2, 0) is 0 Å². The summed E-state index contributed by atoms with van der Waals surface area (Å²) in [5.74, 6) is -0.00686. The highest BCUT2D eigenvalue weighted by Gasteiger charge is 2.22. The van der Waals surface area contributed by atoms with E-state index in [9.17, 15) is 15.4 Å². The third-order valence-electron chi connectivity index (χ3n) is 3.57. The lowest BCUT2D eigenvalue weighted by atomic mass is 10.3. The summed E-state index contributed by atoms with van der Waals surface area (Å²) < 4.78 is 6.75. The Labute approximate surface area is 139 Å². The minimum atomic E-state index is -0.300. The zero-order valence-corrected chi connectivity index (χ0v) is 13.1. The lowest BCUT2D eigenvalue weighted by Crippen LogP contribution is -2.10. The molecule has 2 aromatic carbocycles. The van der Waals surface area contributed by atoms with E-state index in [1.165, 1.54) is 10.6 Å². The van der Waals surface area contributed by atoms with Crippen molar-refractivity contribution in [1.82, 2.24) is 4.57 Å². The zero-order valence-electron chi connectivity index (χ0n) is 13.1. The smallest absolute Gasteiger partial charge is 0.226 e. The van der Waals surface area contributed by atoms with Gasteiger partial charge in [-0.3, -0.25) is 5.21 Å². The molecule has 3 rings (SSSR count). The van der Waals surface area contributed by atoms with Gasteiger partial charge in [-0.05, 0) is 31.2 Å². The first-order valence-corrected chi connectivity index (χ1v) is 7.53. The summed E-state index contributed by atoms with van der Waals surface area (Å²) in [6, 6.07) is 17.0. The fourth-order valence-electron chi connectivity index (χ4n) is 2.50. The van der Waals surface area contributed by atoms with Gasteiger partial charge in [0.1, 0.15) is 11.4 Å². The van der Waals surface area contributed by atoms with Crippen molar-refractivity contribution in [2.75, 3.05) is 11.7 Å². The number of rotatable bonds is 5. The van der Waals surface area contributed by atoms with E-state index in [0.29, 0.717) is 23.7 Å². The number of ether oxygens (including phenoxy) is 1. The van der Waals surface area contributed by atoms with E-state index in [0.717, 1.165) is 5.06 Å². The van der Waals surface area contributed by atoms with Gasteiger partial charge >= 0.3 is 0 Å². The number of hydrogen-bond acceptors (Lipinski definition) is 5. The molecule has 6 nitrogen and oxygen atoms in total. The molecule has 24 heavy (non-hydrogen) atoms. The molecule has 0 atom stereocenters. The van der Waals surface area contributed by atoms with Gasteiger partial charge < -0.3 is 14.9 Å². The van der Waals surface area contributed by atoms with Crippen LogP contribution in [0.5, 0.6) is 17.5 Å². The Kier molecular flexibility index (Phi) is 4.31. The molecule has 0 spiro atoms. The van der Waals surface area contributed by atoms with E-state index < -0.39 is 0 Å². The van der Waals surface area contributed by atoms with Gasteiger partial charge in [0, 0.05) is 6.07 Å². The molecule has 3 aromatic rings. The molecule has 124 valence electrons. The molecular weight excluding hydrogens is 308 g/mol. The average Bonchev–Trinajstić information content (AvgIpc) is 2.90. The molecule has 0 aliphatic heterocycles. The molecule has 0 fully saturated rings. The van der Waals surface area contributed by atoms with Gasteiger partial charge in [0.05, 0.1) is 18.0 Å². The van der Waals surface area contributed by atoms with Gasteiger partial charge in [0.2, 0.25) is 11.8 Å². The zero-order chi connectivity index (χ0) is 17.1. The number of hydrogen-bond donors (Lipinski definition) is 3. The Hall–Kier alpha value is -3.12. The second kappa shape index (κ2) is 6.55. The maximum absolute atomic E-state index is 10.5. The predicted molar refractivity (Wildman–Crippen MR) is 90.6 cm³/mol. The fraction of sp³-hybridized carbons (Fsp3) is 0.111. The molecule has 1 aromatic heterocycles. The third kappa shape index (κ3) is 2.75. The Morgan fingerprint density at radius 1 is 1.00 bits per heavy atom. The SMILES string of the molecule is CCOc1ccccc1-n1c(O)cc(N(O)c2ccccc2)c1O. The molecule has 1 heterocycles. The Morgan fingerprint density at radius 3 is 2.38 bits per heavy atom. The lowest BCUT2D eigenvalue weighted by molar-refractivity contribution is 0.295. The summed E-state index contributed by atoms with van der Waals surface area (Å²) in [6.07, 6.45) is 0. The first-order valence-electron chi connectivity index (χ1n) is 7.53. The van der Waals surface area contributed by atoms with Gasteiger partial charge in [-0.15, -0.1) is 0 Å². The Morgan fingerprint density at radius 2 is 1.67 bits per heavy atom. The van der Waals surface area contributed by atoms with Crippen LogP contribution in [0.15, 0.2) is 60.7 Å². The molecule has 0 aliphatic rings. The van der Waals surface area contributed by atoms with Crippen molar-refractivity contribution < 1.29 is 20.2 Å². The van der Waals surface area contributed by atoms with Crippen molar-refractivity contribution in [3.05, 3.63) is 60.7 Å². The number of benzene rings is 2. The van der Waals surface area contributed by atoms with Crippen LogP contribution in [0.4, 0.5) is 11.4 Å². The van der Waals surface area contributed by atoms with E-state index in [4.69, 9.17) is 4.74 Å². The highest BCUT2D eigenvalue weighted by atomic mass is 16.5. The summed E-state index contributed by atoms with van der Waals surface area (Å²) in [7, 11) is 0. The Balaban J connectivity index is 2.08. The van der Waals surface area contributed by atoms with Crippen molar-refractivity contribution in [1.29, 1.82) is 0 Å². The number of anilines is 2. The van der Waals surface area contributed by atoms with E-state index >= 15 is 0 Å². The second-order valence-corrected chi connectivity index (χ2v) is 5.09. The van der Waals surface area contributed by atoms with Crippen LogP contribution in [0.3, 0.4) is 0 Å². The molecule has 0 radical (unpaired) electrons. The van der Waals surface area contributed by atoms with Crippen LogP contribution in [0, 0.1) is 0 Å². The molecule has 0 amide bonds. The maximum atomic E-state index is 10.5. The highest BCUT2D eigenvalue weighted by molar-refractivity contribution is 5.70. The first kappa shape index (κ1) is 15.8. The minimum absolute atomic E-state index is 0.0602. The second-order valence-electron chi connectivity index (χ2n) is 5.09. The van der Waals surface area contributed by atoms with Crippen LogP contribution in [0.1, 0.15) is 6.92 Å². The molecule has 0 bridgehead atoms. The summed E-state index contributed by atoms with van der Waals surface area (Å²) >= 11 is 0. The van der Waals surface area contributed by atoms with Gasteiger partial charge in [-0.2, -0.15) is 0 Å². The van der Waals surface area contributed by atoms with Crippen molar-refractivity contribution in [3.8, 4) is 23.2 Å². The van der Waals surface area contributed by atoms with E-state index in [1.54, 1.807) is 48.5 Å². The Bertz CT molecular complexity index is 830. The van der Waals surface area contributed by atoms with Crippen molar-refractivity contribution in [2.24, 2.45) is 0 Å². The van der Waals surface area contributed by atoms with Crippen LogP contribution in [-0.4, -0.2) is 26.6 Å². The van der Waals surface area contributed by atoms with Crippen LogP contribution < -0.4 is 9.80 Å². The number of para-hydroxylation sites is 3. The average molecular weight is 326 g/mol. The van der Waals surface area contributed by atoms with Crippen LogP contribution >= 0.6 is 0 Å². The summed E-state index contributed by atoms with van der Waals surface area (Å²) in [5, 5.41) is 32.0. The molecule has 0 aliphatic carbocycles. The van der Waals surface area contributed by atoms with E-state index in [1.807, 2.05) is 13.0 Å². The summed E-state index contributed by atoms with van der Waals surface area (Å²) in [6.45, 7) is 2.30. The largest absolute Gasteiger partial charge is 0.494 e. The molecule has 3 N–H and O–H groups in total. The third-order valence-corrected chi connectivity index (χ3v) is 3.57. The molecule has 0 unspecified atom stereocenters. The quantitative estimate of drug-likeness (QED) is 0.621. The standard InChI is InChI=1S/C18H18N2O4/c1-2-24-16-11-7-6-10-14(16)19-17(21)12-15(18(19)22)20(23)13-8-4-3-5-9-13/h3-12,21-23H,2H2,1H3. The fourth-order valence-corrected chi connectivity index (χ4v) is 2.50. The van der Waals surface area contributed by atoms with Gasteiger partial charge in [-0.25, -0.2) is 9.63 Å². The highest BCUT2D eigenvalue weighted by Crippen LogP contribution is 2.41. The summed E-state index contributed by atoms with van der Waals surface area (Å²) in [4.78, 5) is 0. The van der Waals surface area contributed by atoms with Gasteiger partial charge in [-0.1, -0.05) is 30.3 Å². The maximum Gasteiger partial charge on any atom is 0.226 e. The lowest BCUT2D eigenvalue weighted by Gasteiger charge is -2.16. The monoisotopic (exact) mass is 326 g/mol. The normalized spacial score (nSPS) is 10.6. The molecule has 0 saturated heterocycles. The molecular formula is C18H18N2O4. The van der Waals surface area contributed by atoms with Crippen LogP contribution in [0.25, 0.3) is 5.69 Å². The topological polar surface area (TPSA) is 78.1 Å². The predicted octanol–water partition coefficient (Wildman–Crippen LogP) is 3.81. The van der Waals surface area contributed by atoms with Crippen molar-refractivity contribution in [3.63, 3.8) is 0 Å². The van der Waals surface area contributed by atoms with E-state index in [-0.39, 0.29) is 17.4 Å². The number of nitrogens with zero attached hydrogens (tertiary/aromatic N) is 2. The van der Waals surface area contributed by atoms with E-state index in [2.05, 4.69) is 0 Å². The minimum Gasteiger partial charge on any atom is -0.494 e. The summed E-state index contributed by atoms with van der Waals surface area (Å²) in [5.41, 5.74) is 0.995. The van der Waals surface area contributed by atoms with Crippen LogP contribution in [0.2, 0.25) is 0 Å². The number of aromatic hydroxyl groups is 2. The number of aromatic nitrogens is 1. The molecule has 6 heteroatoms. The van der Waals surface area contributed by atoms with Gasteiger partial charge in [0.25, 0.3) is 0 Å².